The van der Waals surface area contributed by atoms with Crippen LogP contribution < -0.4 is 5.56 Å². The molecule has 0 saturated heterocycles. The van der Waals surface area contributed by atoms with Crippen LogP contribution in [0.15, 0.2) is 29.1 Å². The standard InChI is InChI=1S/C7H5N3O/c11-7-5-3-1-2-4-6(5)8-10-9-7/h1-4H,(H,8,9,11)/i/hT. The number of hydrogen-bond acceptors (Lipinski definition) is 3. The highest BCUT2D eigenvalue weighted by atomic mass is 16.1. The number of hydrogen-bond donors (Lipinski definition) is 1. The Morgan fingerprint density at radius 1 is 1.45 bits per heavy atom. The summed E-state index contributed by atoms with van der Waals surface area (Å²) in [5.41, 5.74) is 0.0756. The van der Waals surface area contributed by atoms with Gasteiger partial charge in [-0.25, -0.2) is 5.09 Å². The summed E-state index contributed by atoms with van der Waals surface area (Å²) in [4.78, 5) is 11.2. The van der Waals surface area contributed by atoms with Gasteiger partial charge in [0.25, 0.3) is 5.56 Å². The monoisotopic (exact) mass is 149 g/mol. The third-order valence-electron chi connectivity index (χ3n) is 1.42. The zero-order chi connectivity index (χ0) is 8.55. The van der Waals surface area contributed by atoms with Gasteiger partial charge in [-0.3, -0.25) is 4.79 Å². The second-order valence-corrected chi connectivity index (χ2v) is 2.11. The first-order chi connectivity index (χ1) is 5.79. The molecule has 0 spiro atoms. The maximum atomic E-state index is 11.2. The van der Waals surface area contributed by atoms with Crippen LogP contribution in [0, 0.1) is 0 Å². The van der Waals surface area contributed by atoms with Gasteiger partial charge in [0.2, 0.25) is 0 Å². The normalized spacial score (nSPS) is 11.5. The average Bonchev–Trinajstić information content (AvgIpc) is 2.12. The Labute approximate surface area is 63.3 Å². The van der Waals surface area contributed by atoms with E-state index in [1.807, 2.05) is 0 Å². The molecule has 0 amide bonds. The Kier molecular flexibility index (Phi) is 0.982. The number of fused-ring (bicyclic) bond motifs is 1. The number of H-pyrrole nitrogens is 1. The van der Waals surface area contributed by atoms with Crippen molar-refractivity contribution >= 4 is 10.9 Å². The molecule has 0 bridgehead atoms. The lowest BCUT2D eigenvalue weighted by Gasteiger charge is -1.89. The molecule has 1 aromatic heterocycles. The molecule has 11 heavy (non-hydrogen) atoms. The molecule has 2 aromatic rings. The molecule has 1 aromatic carbocycles. The van der Waals surface area contributed by atoms with E-state index >= 15 is 0 Å². The molecule has 1 heterocycles. The van der Waals surface area contributed by atoms with Crippen LogP contribution in [0.5, 0.6) is 0 Å². The summed E-state index contributed by atoms with van der Waals surface area (Å²) < 4.78 is 7.03. The summed E-state index contributed by atoms with van der Waals surface area (Å²) in [5.74, 6) is 0. The van der Waals surface area contributed by atoms with E-state index < -0.39 is 5.56 Å². The van der Waals surface area contributed by atoms with Gasteiger partial charge in [-0.1, -0.05) is 17.3 Å². The maximum Gasteiger partial charge on any atom is 0.275 e. The van der Waals surface area contributed by atoms with Crippen LogP contribution in [-0.4, -0.2) is 15.4 Å². The van der Waals surface area contributed by atoms with E-state index in [2.05, 4.69) is 10.3 Å². The third kappa shape index (κ3) is 0.881. The lowest BCUT2D eigenvalue weighted by Crippen LogP contribution is -2.09. The van der Waals surface area contributed by atoms with Crippen molar-refractivity contribution in [1.29, 1.82) is 0 Å². The molecule has 0 atom stereocenters. The maximum absolute atomic E-state index is 11.2. The first kappa shape index (κ1) is 5.01. The summed E-state index contributed by atoms with van der Waals surface area (Å²) in [7, 11) is 0. The minimum absolute atomic E-state index is 0.419. The molecule has 0 unspecified atom stereocenters. The van der Waals surface area contributed by atoms with Crippen LogP contribution in [0.25, 0.3) is 10.9 Å². The second-order valence-electron chi connectivity index (χ2n) is 2.11. The van der Waals surface area contributed by atoms with Crippen molar-refractivity contribution in [1.82, 2.24) is 15.4 Å². The summed E-state index contributed by atoms with van der Waals surface area (Å²) in [5, 5.41) is 7.89. The van der Waals surface area contributed by atoms with Crippen molar-refractivity contribution in [2.45, 2.75) is 0 Å². The predicted molar refractivity (Wildman–Crippen MR) is 40.2 cm³/mol. The number of rotatable bonds is 0. The smallest absolute Gasteiger partial charge is 0.267 e. The topological polar surface area (TPSA) is 58.6 Å². The van der Waals surface area contributed by atoms with E-state index in [-0.39, 0.29) is 0 Å². The van der Waals surface area contributed by atoms with Crippen molar-refractivity contribution in [3.63, 3.8) is 0 Å². The molecule has 2 rings (SSSR count). The Balaban J connectivity index is 3.01. The van der Waals surface area contributed by atoms with Gasteiger partial charge in [-0.05, 0) is 12.1 Å². The number of aromatic amines is 1. The summed E-state index contributed by atoms with van der Waals surface area (Å²) in [6.45, 7) is 0. The largest absolute Gasteiger partial charge is 0.275 e. The lowest BCUT2D eigenvalue weighted by molar-refractivity contribution is 0.872. The average molecular weight is 149 g/mol. The molecule has 0 aliphatic rings. The Hall–Kier alpha value is -1.71. The van der Waals surface area contributed by atoms with Gasteiger partial charge in [0.1, 0.15) is 5.52 Å². The molecule has 0 aliphatic carbocycles. The Bertz CT molecular complexity index is 479. The minimum atomic E-state index is -0.444. The van der Waals surface area contributed by atoms with E-state index in [4.69, 9.17) is 1.41 Å². The molecule has 4 nitrogen and oxygen atoms in total. The quantitative estimate of drug-likeness (QED) is 0.586. The second kappa shape index (κ2) is 2.16. The first-order valence-corrected chi connectivity index (χ1v) is 3.13. The van der Waals surface area contributed by atoms with Gasteiger partial charge < -0.3 is 0 Å². The van der Waals surface area contributed by atoms with Gasteiger partial charge in [-0.2, -0.15) is 0 Å². The van der Waals surface area contributed by atoms with Gasteiger partial charge >= 0.3 is 0 Å². The molecule has 0 aliphatic heterocycles. The van der Waals surface area contributed by atoms with E-state index in [1.54, 1.807) is 24.3 Å². The van der Waals surface area contributed by atoms with Crippen LogP contribution >= 0.6 is 0 Å². The SMILES string of the molecule is [3H]n1nnc2ccccc2c1=O. The highest BCUT2D eigenvalue weighted by Crippen LogP contribution is 2.01. The van der Waals surface area contributed by atoms with Crippen molar-refractivity contribution in [2.24, 2.45) is 0 Å². The Morgan fingerprint density at radius 3 is 3.18 bits per heavy atom. The minimum Gasteiger partial charge on any atom is -0.267 e. The van der Waals surface area contributed by atoms with E-state index in [0.717, 1.165) is 0 Å². The van der Waals surface area contributed by atoms with Crippen LogP contribution in [0.3, 0.4) is 0 Å². The van der Waals surface area contributed by atoms with Gasteiger partial charge in [0.05, 0.1) is 5.39 Å². The van der Waals surface area contributed by atoms with Gasteiger partial charge in [-0.15, -0.1) is 5.10 Å². The highest BCUT2D eigenvalue weighted by Gasteiger charge is 1.95. The first-order valence-electron chi connectivity index (χ1n) is 3.58. The fourth-order valence-corrected chi connectivity index (χ4v) is 0.907. The van der Waals surface area contributed by atoms with Crippen molar-refractivity contribution in [3.05, 3.63) is 34.6 Å². The van der Waals surface area contributed by atoms with Crippen molar-refractivity contribution in [3.8, 4) is 0 Å². The van der Waals surface area contributed by atoms with E-state index in [1.165, 1.54) is 0 Å². The van der Waals surface area contributed by atoms with Gasteiger partial charge in [0, 0.05) is 0 Å². The summed E-state index contributed by atoms with van der Waals surface area (Å²) >= 11 is 0. The third-order valence-corrected chi connectivity index (χ3v) is 1.42. The molecule has 0 radical (unpaired) electrons. The van der Waals surface area contributed by atoms with Crippen molar-refractivity contribution in [2.75, 3.05) is 0 Å². The van der Waals surface area contributed by atoms with E-state index in [0.29, 0.717) is 16.0 Å². The zero-order valence-electron chi connectivity index (χ0n) is 6.56. The fourth-order valence-electron chi connectivity index (χ4n) is 0.907. The fraction of sp³-hybridized carbons (Fsp3) is 0. The zero-order valence-corrected chi connectivity index (χ0v) is 5.56. The highest BCUT2D eigenvalue weighted by molar-refractivity contribution is 5.76. The van der Waals surface area contributed by atoms with E-state index in [9.17, 15) is 4.79 Å². The van der Waals surface area contributed by atoms with Crippen molar-refractivity contribution < 1.29 is 1.41 Å². The van der Waals surface area contributed by atoms with Crippen LogP contribution in [0.4, 0.5) is 0 Å². The molecule has 0 fully saturated rings. The number of nitrogens with zero attached hydrogens (tertiary/aromatic N) is 2. The number of aromatic nitrogens is 3. The number of benzene rings is 1. The Morgan fingerprint density at radius 2 is 2.27 bits per heavy atom. The molecule has 54 valence electrons. The molecule has 1 N–H and O–H groups in total. The molecule has 0 saturated carbocycles. The molecule has 4 heteroatoms. The van der Waals surface area contributed by atoms with Crippen LogP contribution in [0.1, 0.15) is 0 Å². The van der Waals surface area contributed by atoms with Gasteiger partial charge in [0.15, 0.2) is 1.41 Å². The lowest BCUT2D eigenvalue weighted by atomic mass is 10.2. The number of nitrogens with one attached hydrogen (secondary N) is 1. The summed E-state index contributed by atoms with van der Waals surface area (Å²) in [6.07, 6.45) is 0. The summed E-state index contributed by atoms with van der Waals surface area (Å²) in [6, 6.07) is 6.80. The molecular formula is C7H5N3O. The molecular weight excluding hydrogens is 142 g/mol. The van der Waals surface area contributed by atoms with Crippen LogP contribution in [-0.2, 0) is 0 Å². The predicted octanol–water partition coefficient (Wildman–Crippen LogP) is 0.318. The van der Waals surface area contributed by atoms with Crippen LogP contribution in [0.2, 0.25) is 1.41 Å².